The van der Waals surface area contributed by atoms with Gasteiger partial charge in [-0.1, -0.05) is 0 Å². The van der Waals surface area contributed by atoms with Gasteiger partial charge in [-0.3, -0.25) is 9.59 Å². The topological polar surface area (TPSA) is 55.4 Å². The normalized spacial score (nSPS) is 11.0. The molecule has 2 aromatic carbocycles. The summed E-state index contributed by atoms with van der Waals surface area (Å²) in [6.45, 7) is 1.43. The van der Waals surface area contributed by atoms with Crippen molar-refractivity contribution in [1.82, 2.24) is 0 Å². The lowest BCUT2D eigenvalue weighted by Gasteiger charge is -2.09. The number of ether oxygens (including phenoxy) is 1. The van der Waals surface area contributed by atoms with Crippen molar-refractivity contribution in [3.05, 3.63) is 59.7 Å². The molecule has 0 atom stereocenters. The second kappa shape index (κ2) is 6.51. The number of carbonyl (C=O) groups excluding carboxylic acids is 2. The maximum Gasteiger partial charge on any atom is 0.573 e. The Bertz CT molecular complexity index is 707. The Morgan fingerprint density at radius 2 is 1.43 bits per heavy atom. The van der Waals surface area contributed by atoms with E-state index in [1.807, 2.05) is 0 Å². The van der Waals surface area contributed by atoms with Crippen LogP contribution in [0.15, 0.2) is 48.5 Å². The molecule has 0 aliphatic carbocycles. The van der Waals surface area contributed by atoms with Crippen LogP contribution in [0, 0.1) is 0 Å². The molecule has 1 N–H and O–H groups in total. The lowest BCUT2D eigenvalue weighted by atomic mass is 10.1. The fourth-order valence-corrected chi connectivity index (χ4v) is 1.80. The van der Waals surface area contributed by atoms with E-state index in [-0.39, 0.29) is 11.3 Å². The van der Waals surface area contributed by atoms with Crippen LogP contribution in [-0.4, -0.2) is 18.1 Å². The summed E-state index contributed by atoms with van der Waals surface area (Å²) in [5.74, 6) is -0.984. The Morgan fingerprint density at radius 1 is 0.913 bits per heavy atom. The SMILES string of the molecule is CC(=O)c1ccc(NC(=O)c2ccc(OC(F)(F)F)cc2)cc1. The molecule has 2 aromatic rings. The van der Waals surface area contributed by atoms with Crippen molar-refractivity contribution in [2.45, 2.75) is 13.3 Å². The summed E-state index contributed by atoms with van der Waals surface area (Å²) < 4.78 is 39.9. The van der Waals surface area contributed by atoms with E-state index in [1.54, 1.807) is 24.3 Å². The van der Waals surface area contributed by atoms with E-state index >= 15 is 0 Å². The Balaban J connectivity index is 2.04. The molecule has 23 heavy (non-hydrogen) atoms. The molecule has 0 spiro atoms. The molecule has 0 aliphatic rings. The fourth-order valence-electron chi connectivity index (χ4n) is 1.80. The van der Waals surface area contributed by atoms with Gasteiger partial charge in [-0.05, 0) is 55.5 Å². The van der Waals surface area contributed by atoms with Gasteiger partial charge in [0.25, 0.3) is 5.91 Å². The highest BCUT2D eigenvalue weighted by atomic mass is 19.4. The van der Waals surface area contributed by atoms with Crippen LogP contribution in [0.1, 0.15) is 27.6 Å². The lowest BCUT2D eigenvalue weighted by molar-refractivity contribution is -0.274. The molecule has 7 heteroatoms. The van der Waals surface area contributed by atoms with Gasteiger partial charge in [0, 0.05) is 16.8 Å². The smallest absolute Gasteiger partial charge is 0.406 e. The standard InChI is InChI=1S/C16H12F3NO3/c1-10(21)11-2-6-13(7-3-11)20-15(22)12-4-8-14(9-5-12)23-16(17,18)19/h2-9H,1H3,(H,20,22). The lowest BCUT2D eigenvalue weighted by Crippen LogP contribution is -2.17. The van der Waals surface area contributed by atoms with Crippen LogP contribution in [0.2, 0.25) is 0 Å². The van der Waals surface area contributed by atoms with Crippen LogP contribution in [0.4, 0.5) is 18.9 Å². The van der Waals surface area contributed by atoms with Gasteiger partial charge in [0.2, 0.25) is 0 Å². The Hall–Kier alpha value is -2.83. The van der Waals surface area contributed by atoms with Gasteiger partial charge in [-0.2, -0.15) is 0 Å². The number of hydrogen-bond acceptors (Lipinski definition) is 3. The number of nitrogens with one attached hydrogen (secondary N) is 1. The highest BCUT2D eigenvalue weighted by molar-refractivity contribution is 6.04. The number of benzene rings is 2. The zero-order chi connectivity index (χ0) is 17.0. The van der Waals surface area contributed by atoms with E-state index in [0.29, 0.717) is 11.3 Å². The molecular weight excluding hydrogens is 311 g/mol. The molecule has 0 saturated heterocycles. The average Bonchev–Trinajstić information content (AvgIpc) is 2.46. The van der Waals surface area contributed by atoms with Gasteiger partial charge < -0.3 is 10.1 Å². The van der Waals surface area contributed by atoms with E-state index in [4.69, 9.17) is 0 Å². The molecule has 2 rings (SSSR count). The van der Waals surface area contributed by atoms with Crippen molar-refractivity contribution in [2.75, 3.05) is 5.32 Å². The molecule has 0 unspecified atom stereocenters. The summed E-state index contributed by atoms with van der Waals surface area (Å²) in [5, 5.41) is 2.58. The molecule has 0 saturated carbocycles. The minimum Gasteiger partial charge on any atom is -0.406 e. The van der Waals surface area contributed by atoms with E-state index in [1.165, 1.54) is 19.1 Å². The van der Waals surface area contributed by atoms with E-state index < -0.39 is 18.0 Å². The minimum atomic E-state index is -4.78. The number of halogens is 3. The Morgan fingerprint density at radius 3 is 1.91 bits per heavy atom. The number of hydrogen-bond donors (Lipinski definition) is 1. The molecule has 0 aliphatic heterocycles. The number of alkyl halides is 3. The molecule has 0 radical (unpaired) electrons. The third-order valence-electron chi connectivity index (χ3n) is 2.90. The van der Waals surface area contributed by atoms with Crippen LogP contribution in [0.5, 0.6) is 5.75 Å². The highest BCUT2D eigenvalue weighted by Gasteiger charge is 2.31. The Kier molecular flexibility index (Phi) is 4.68. The zero-order valence-corrected chi connectivity index (χ0v) is 12.0. The number of amides is 1. The van der Waals surface area contributed by atoms with Gasteiger partial charge in [0.05, 0.1) is 0 Å². The Labute approximate surface area is 129 Å². The largest absolute Gasteiger partial charge is 0.573 e. The first kappa shape index (κ1) is 16.5. The second-order valence-electron chi connectivity index (χ2n) is 4.66. The third-order valence-corrected chi connectivity index (χ3v) is 2.90. The number of Topliss-reactive ketones (excluding diaryl/α,β-unsaturated/α-hetero) is 1. The predicted octanol–water partition coefficient (Wildman–Crippen LogP) is 4.04. The fraction of sp³-hybridized carbons (Fsp3) is 0.125. The molecule has 0 heterocycles. The summed E-state index contributed by atoms with van der Waals surface area (Å²) in [5.41, 5.74) is 1.16. The van der Waals surface area contributed by atoms with Gasteiger partial charge in [0.15, 0.2) is 5.78 Å². The molecule has 0 bridgehead atoms. The summed E-state index contributed by atoms with van der Waals surface area (Å²) >= 11 is 0. The van der Waals surface area contributed by atoms with Crippen molar-refractivity contribution in [2.24, 2.45) is 0 Å². The summed E-state index contributed by atoms with van der Waals surface area (Å²) in [7, 11) is 0. The number of anilines is 1. The molecular formula is C16H12F3NO3. The molecule has 4 nitrogen and oxygen atoms in total. The first-order valence-corrected chi connectivity index (χ1v) is 6.53. The van der Waals surface area contributed by atoms with Gasteiger partial charge >= 0.3 is 6.36 Å². The van der Waals surface area contributed by atoms with Crippen molar-refractivity contribution < 1.29 is 27.5 Å². The zero-order valence-electron chi connectivity index (χ0n) is 12.0. The summed E-state index contributed by atoms with van der Waals surface area (Å²) in [4.78, 5) is 23.1. The molecule has 0 fully saturated rings. The predicted molar refractivity (Wildman–Crippen MR) is 77.5 cm³/mol. The monoisotopic (exact) mass is 323 g/mol. The van der Waals surface area contributed by atoms with E-state index in [9.17, 15) is 22.8 Å². The van der Waals surface area contributed by atoms with Crippen molar-refractivity contribution in [3.8, 4) is 5.75 Å². The van der Waals surface area contributed by atoms with Crippen LogP contribution < -0.4 is 10.1 Å². The van der Waals surface area contributed by atoms with Crippen molar-refractivity contribution in [1.29, 1.82) is 0 Å². The summed E-state index contributed by atoms with van der Waals surface area (Å²) in [6, 6.07) is 10.8. The van der Waals surface area contributed by atoms with Gasteiger partial charge in [-0.25, -0.2) is 0 Å². The van der Waals surface area contributed by atoms with Crippen molar-refractivity contribution >= 4 is 17.4 Å². The average molecular weight is 323 g/mol. The first-order chi connectivity index (χ1) is 10.7. The van der Waals surface area contributed by atoms with E-state index in [2.05, 4.69) is 10.1 Å². The first-order valence-electron chi connectivity index (χ1n) is 6.53. The molecule has 120 valence electrons. The van der Waals surface area contributed by atoms with Crippen LogP contribution in [-0.2, 0) is 0 Å². The maximum absolute atomic E-state index is 12.1. The third kappa shape index (κ3) is 4.84. The maximum atomic E-state index is 12.1. The minimum absolute atomic E-state index is 0.0943. The highest BCUT2D eigenvalue weighted by Crippen LogP contribution is 2.23. The van der Waals surface area contributed by atoms with Gasteiger partial charge in [-0.15, -0.1) is 13.2 Å². The van der Waals surface area contributed by atoms with Crippen LogP contribution in [0.3, 0.4) is 0 Å². The molecule has 0 aromatic heterocycles. The van der Waals surface area contributed by atoms with Crippen LogP contribution in [0.25, 0.3) is 0 Å². The number of carbonyl (C=O) groups is 2. The van der Waals surface area contributed by atoms with Gasteiger partial charge in [0.1, 0.15) is 5.75 Å². The number of rotatable bonds is 4. The summed E-state index contributed by atoms with van der Waals surface area (Å²) in [6.07, 6.45) is -4.78. The second-order valence-corrected chi connectivity index (χ2v) is 4.66. The van der Waals surface area contributed by atoms with Crippen LogP contribution >= 0.6 is 0 Å². The van der Waals surface area contributed by atoms with Crippen molar-refractivity contribution in [3.63, 3.8) is 0 Å². The molecule has 1 amide bonds. The number of ketones is 1. The van der Waals surface area contributed by atoms with E-state index in [0.717, 1.165) is 12.1 Å². The quantitative estimate of drug-likeness (QED) is 0.864.